The molecule has 3 rings (SSSR count). The molecule has 2 heterocycles. The summed E-state index contributed by atoms with van der Waals surface area (Å²) >= 11 is 0. The van der Waals surface area contributed by atoms with Gasteiger partial charge in [-0.05, 0) is 35.9 Å². The number of sulfonamides is 1. The summed E-state index contributed by atoms with van der Waals surface area (Å²) in [6, 6.07) is 9.42. The number of amides is 2. The number of anilines is 1. The minimum absolute atomic E-state index is 0.0484. The molecule has 0 unspecified atom stereocenters. The summed E-state index contributed by atoms with van der Waals surface area (Å²) in [6.07, 6.45) is 1.69. The fraction of sp³-hybridized carbons (Fsp3) is 0.316. The number of carbonyl (C=O) groups is 2. The third kappa shape index (κ3) is 4.90. The number of piperazine rings is 1. The largest absolute Gasteiger partial charge is 0.363 e. The molecule has 0 spiro atoms. The van der Waals surface area contributed by atoms with Crippen molar-refractivity contribution in [3.63, 3.8) is 0 Å². The van der Waals surface area contributed by atoms with E-state index in [2.05, 4.69) is 15.6 Å². The molecule has 9 nitrogen and oxygen atoms in total. The Kier molecular flexibility index (Phi) is 6.14. The first-order valence-corrected chi connectivity index (χ1v) is 10.5. The molecular formula is C19H23N5O4S. The van der Waals surface area contributed by atoms with Gasteiger partial charge in [-0.2, -0.15) is 4.31 Å². The Bertz CT molecular complexity index is 988. The lowest BCUT2D eigenvalue weighted by atomic mass is 10.2. The van der Waals surface area contributed by atoms with Gasteiger partial charge in [-0.1, -0.05) is 6.07 Å². The van der Waals surface area contributed by atoms with Gasteiger partial charge in [-0.25, -0.2) is 13.4 Å². The van der Waals surface area contributed by atoms with Gasteiger partial charge in [0.05, 0.1) is 11.4 Å². The summed E-state index contributed by atoms with van der Waals surface area (Å²) < 4.78 is 26.4. The highest BCUT2D eigenvalue weighted by molar-refractivity contribution is 7.89. The molecule has 1 aliphatic rings. The van der Waals surface area contributed by atoms with Gasteiger partial charge in [-0.3, -0.25) is 9.59 Å². The van der Waals surface area contributed by atoms with Crippen molar-refractivity contribution >= 4 is 27.7 Å². The van der Waals surface area contributed by atoms with Gasteiger partial charge in [-0.15, -0.1) is 0 Å². The van der Waals surface area contributed by atoms with Gasteiger partial charge in [0.25, 0.3) is 5.91 Å². The molecule has 154 valence electrons. The Morgan fingerprint density at radius 3 is 2.52 bits per heavy atom. The van der Waals surface area contributed by atoms with Gasteiger partial charge >= 0.3 is 0 Å². The lowest BCUT2D eigenvalue weighted by molar-refractivity contribution is -0.122. The molecule has 10 heteroatoms. The van der Waals surface area contributed by atoms with Gasteiger partial charge < -0.3 is 15.5 Å². The average Bonchev–Trinajstić information content (AvgIpc) is 2.72. The van der Waals surface area contributed by atoms with Gasteiger partial charge in [0.1, 0.15) is 5.82 Å². The second kappa shape index (κ2) is 8.58. The van der Waals surface area contributed by atoms with E-state index in [1.54, 1.807) is 6.20 Å². The van der Waals surface area contributed by atoms with Crippen LogP contribution < -0.4 is 15.5 Å². The Hall–Kier alpha value is -2.98. The number of aromatic nitrogens is 1. The zero-order valence-corrected chi connectivity index (χ0v) is 17.1. The molecule has 1 aliphatic heterocycles. The molecule has 0 atom stereocenters. The Balaban J connectivity index is 1.63. The van der Waals surface area contributed by atoms with Crippen LogP contribution in [0.15, 0.2) is 47.5 Å². The van der Waals surface area contributed by atoms with Crippen molar-refractivity contribution < 1.29 is 18.0 Å². The third-order valence-electron chi connectivity index (χ3n) is 4.48. The van der Waals surface area contributed by atoms with E-state index in [1.807, 2.05) is 31.1 Å². The quantitative estimate of drug-likeness (QED) is 0.694. The standard InChI is InChI=1S/C19H23N5O4S/c1-23(2)17-8-3-14(11-21-17)12-22-19(26)15-4-6-16(7-5-15)29(27,28)24-10-9-20-18(25)13-24/h3-8,11H,9-10,12-13H2,1-2H3,(H,20,25)(H,22,26). The number of benzene rings is 1. The number of rotatable bonds is 6. The number of hydrogen-bond acceptors (Lipinski definition) is 6. The van der Waals surface area contributed by atoms with Crippen molar-refractivity contribution in [2.75, 3.05) is 38.6 Å². The summed E-state index contributed by atoms with van der Waals surface area (Å²) in [5, 5.41) is 5.38. The Morgan fingerprint density at radius 2 is 1.93 bits per heavy atom. The maximum atomic E-state index is 12.6. The van der Waals surface area contributed by atoms with Crippen LogP contribution in [0.25, 0.3) is 0 Å². The van der Waals surface area contributed by atoms with Gasteiger partial charge in [0.15, 0.2) is 0 Å². The first-order valence-electron chi connectivity index (χ1n) is 9.05. The molecule has 0 saturated carbocycles. The van der Waals surface area contributed by atoms with Gasteiger partial charge in [0, 0.05) is 45.5 Å². The maximum absolute atomic E-state index is 12.6. The summed E-state index contributed by atoms with van der Waals surface area (Å²) in [4.78, 5) is 30.0. The van der Waals surface area contributed by atoms with Crippen molar-refractivity contribution in [3.8, 4) is 0 Å². The van der Waals surface area contributed by atoms with Crippen LogP contribution in [0.2, 0.25) is 0 Å². The lowest BCUT2D eigenvalue weighted by Gasteiger charge is -2.25. The summed E-state index contributed by atoms with van der Waals surface area (Å²) in [6.45, 7) is 0.605. The molecule has 0 bridgehead atoms. The molecule has 2 aromatic rings. The normalized spacial score (nSPS) is 14.9. The topological polar surface area (TPSA) is 112 Å². The van der Waals surface area contributed by atoms with Crippen LogP contribution in [0.1, 0.15) is 15.9 Å². The molecule has 2 amide bonds. The van der Waals surface area contributed by atoms with Gasteiger partial charge in [0.2, 0.25) is 15.9 Å². The predicted molar refractivity (Wildman–Crippen MR) is 108 cm³/mol. The number of nitrogens with zero attached hydrogens (tertiary/aromatic N) is 3. The van der Waals surface area contributed by atoms with Crippen LogP contribution in [-0.2, 0) is 21.4 Å². The minimum atomic E-state index is -3.78. The molecule has 1 aromatic heterocycles. The minimum Gasteiger partial charge on any atom is -0.363 e. The number of nitrogens with one attached hydrogen (secondary N) is 2. The van der Waals surface area contributed by atoms with Crippen LogP contribution >= 0.6 is 0 Å². The number of hydrogen-bond donors (Lipinski definition) is 2. The highest BCUT2D eigenvalue weighted by atomic mass is 32.2. The molecule has 1 fully saturated rings. The van der Waals surface area contributed by atoms with E-state index in [0.717, 1.165) is 15.7 Å². The van der Waals surface area contributed by atoms with E-state index in [9.17, 15) is 18.0 Å². The zero-order chi connectivity index (χ0) is 21.0. The molecule has 0 radical (unpaired) electrons. The monoisotopic (exact) mass is 417 g/mol. The maximum Gasteiger partial charge on any atom is 0.251 e. The van der Waals surface area contributed by atoms with Crippen LogP contribution in [-0.4, -0.2) is 63.3 Å². The molecule has 29 heavy (non-hydrogen) atoms. The predicted octanol–water partition coefficient (Wildman–Crippen LogP) is 0.198. The fourth-order valence-corrected chi connectivity index (χ4v) is 4.21. The second-order valence-electron chi connectivity index (χ2n) is 6.81. The van der Waals surface area contributed by atoms with Crippen molar-refractivity contribution in [2.24, 2.45) is 0 Å². The molecule has 1 saturated heterocycles. The van der Waals surface area contributed by atoms with E-state index in [4.69, 9.17) is 0 Å². The second-order valence-corrected chi connectivity index (χ2v) is 8.75. The smallest absolute Gasteiger partial charge is 0.251 e. The van der Waals surface area contributed by atoms with E-state index < -0.39 is 10.0 Å². The molecule has 2 N–H and O–H groups in total. The van der Waals surface area contributed by atoms with Crippen LogP contribution in [0.4, 0.5) is 5.82 Å². The molecule has 0 aliphatic carbocycles. The van der Waals surface area contributed by atoms with Crippen molar-refractivity contribution in [1.82, 2.24) is 19.9 Å². The lowest BCUT2D eigenvalue weighted by Crippen LogP contribution is -2.49. The number of carbonyl (C=O) groups excluding carboxylic acids is 2. The van der Waals surface area contributed by atoms with E-state index in [0.29, 0.717) is 12.1 Å². The summed E-state index contributed by atoms with van der Waals surface area (Å²) in [7, 11) is 0.0177. The van der Waals surface area contributed by atoms with Crippen LogP contribution in [0.3, 0.4) is 0 Å². The fourth-order valence-electron chi connectivity index (χ4n) is 2.82. The van der Waals surface area contributed by atoms with Crippen molar-refractivity contribution in [2.45, 2.75) is 11.4 Å². The first kappa shape index (κ1) is 20.7. The first-order chi connectivity index (χ1) is 13.8. The SMILES string of the molecule is CN(C)c1ccc(CNC(=O)c2ccc(S(=O)(=O)N3CCNC(=O)C3)cc2)cn1. The van der Waals surface area contributed by atoms with Crippen LogP contribution in [0.5, 0.6) is 0 Å². The highest BCUT2D eigenvalue weighted by Gasteiger charge is 2.29. The summed E-state index contributed by atoms with van der Waals surface area (Å²) in [5.41, 5.74) is 1.20. The zero-order valence-electron chi connectivity index (χ0n) is 16.3. The van der Waals surface area contributed by atoms with E-state index >= 15 is 0 Å². The van der Waals surface area contributed by atoms with Crippen LogP contribution in [0, 0.1) is 0 Å². The van der Waals surface area contributed by atoms with Crippen molar-refractivity contribution in [3.05, 3.63) is 53.7 Å². The van der Waals surface area contributed by atoms with E-state index in [-0.39, 0.29) is 36.3 Å². The third-order valence-corrected chi connectivity index (χ3v) is 6.34. The highest BCUT2D eigenvalue weighted by Crippen LogP contribution is 2.17. The summed E-state index contributed by atoms with van der Waals surface area (Å²) in [5.74, 6) is 0.176. The van der Waals surface area contributed by atoms with E-state index in [1.165, 1.54) is 24.3 Å². The molecule has 1 aromatic carbocycles. The Morgan fingerprint density at radius 1 is 1.21 bits per heavy atom. The molecular weight excluding hydrogens is 394 g/mol. The Labute approximate surface area is 169 Å². The number of pyridine rings is 1. The van der Waals surface area contributed by atoms with Crippen molar-refractivity contribution in [1.29, 1.82) is 0 Å². The average molecular weight is 417 g/mol.